The van der Waals surface area contributed by atoms with Crippen molar-refractivity contribution in [2.75, 3.05) is 18.9 Å². The molecule has 1 aromatic rings. The maximum absolute atomic E-state index is 13.6. The molecule has 1 fully saturated rings. The molecule has 0 aliphatic carbocycles. The van der Waals surface area contributed by atoms with Gasteiger partial charge in [0.05, 0.1) is 13.2 Å². The second-order valence-electron chi connectivity index (χ2n) is 3.53. The third-order valence-electron chi connectivity index (χ3n) is 2.50. The van der Waals surface area contributed by atoms with Gasteiger partial charge in [-0.05, 0) is 12.8 Å². The highest BCUT2D eigenvalue weighted by Crippen LogP contribution is 2.31. The van der Waals surface area contributed by atoms with Gasteiger partial charge in [-0.25, -0.2) is 9.07 Å². The van der Waals surface area contributed by atoms with E-state index in [1.807, 2.05) is 0 Å². The Bertz CT molecular complexity index is 347. The molecule has 5 nitrogen and oxygen atoms in total. The van der Waals surface area contributed by atoms with Crippen molar-refractivity contribution in [2.45, 2.75) is 25.5 Å². The quantitative estimate of drug-likeness (QED) is 0.767. The van der Waals surface area contributed by atoms with Crippen molar-refractivity contribution in [3.05, 3.63) is 11.5 Å². The molecule has 1 aliphatic heterocycles. The van der Waals surface area contributed by atoms with Crippen molar-refractivity contribution in [3.63, 3.8) is 0 Å². The Balaban J connectivity index is 2.27. The van der Waals surface area contributed by atoms with E-state index in [2.05, 4.69) is 5.10 Å². The van der Waals surface area contributed by atoms with Crippen LogP contribution in [0.5, 0.6) is 0 Å². The van der Waals surface area contributed by atoms with Crippen LogP contribution in [0.15, 0.2) is 0 Å². The lowest BCUT2D eigenvalue weighted by Crippen LogP contribution is -2.08. The first-order valence-electron chi connectivity index (χ1n) is 4.98. The lowest BCUT2D eigenvalue weighted by atomic mass is 10.2. The summed E-state index contributed by atoms with van der Waals surface area (Å²) in [6.45, 7) is 0.725. The Labute approximate surface area is 86.6 Å². The standard InChI is InChI=1S/C9H14FN3O2/c10-7-8(6-2-1-5-15-6)12-13(3-4-14)9(7)11/h6,14H,1-5,11H2. The molecule has 0 aromatic carbocycles. The molecule has 15 heavy (non-hydrogen) atoms. The number of anilines is 1. The van der Waals surface area contributed by atoms with Gasteiger partial charge in [0.15, 0.2) is 11.6 Å². The molecule has 0 amide bonds. The molecule has 1 aromatic heterocycles. The van der Waals surface area contributed by atoms with Crippen molar-refractivity contribution >= 4 is 5.82 Å². The highest BCUT2D eigenvalue weighted by Gasteiger charge is 2.26. The van der Waals surface area contributed by atoms with Gasteiger partial charge in [-0.15, -0.1) is 0 Å². The van der Waals surface area contributed by atoms with Crippen LogP contribution < -0.4 is 5.73 Å². The third kappa shape index (κ3) is 1.82. The fourth-order valence-electron chi connectivity index (χ4n) is 1.74. The molecule has 84 valence electrons. The molecule has 1 unspecified atom stereocenters. The second kappa shape index (κ2) is 4.16. The van der Waals surface area contributed by atoms with Gasteiger partial charge < -0.3 is 15.6 Å². The Morgan fingerprint density at radius 3 is 3.07 bits per heavy atom. The number of aromatic nitrogens is 2. The molecule has 0 bridgehead atoms. The van der Waals surface area contributed by atoms with E-state index in [9.17, 15) is 4.39 Å². The molecule has 0 saturated carbocycles. The van der Waals surface area contributed by atoms with Crippen LogP contribution in [0.2, 0.25) is 0 Å². The molecule has 2 heterocycles. The maximum atomic E-state index is 13.6. The van der Waals surface area contributed by atoms with E-state index in [4.69, 9.17) is 15.6 Å². The molecular weight excluding hydrogens is 201 g/mol. The Kier molecular flexibility index (Phi) is 2.88. The first kappa shape index (κ1) is 10.4. The number of nitrogens with zero attached hydrogens (tertiary/aromatic N) is 2. The predicted molar refractivity (Wildman–Crippen MR) is 51.6 cm³/mol. The molecule has 2 rings (SSSR count). The number of hydrogen-bond acceptors (Lipinski definition) is 4. The summed E-state index contributed by atoms with van der Waals surface area (Å²) in [5.74, 6) is -0.551. The summed E-state index contributed by atoms with van der Waals surface area (Å²) in [6, 6.07) is 0. The highest BCUT2D eigenvalue weighted by atomic mass is 19.1. The summed E-state index contributed by atoms with van der Waals surface area (Å²) in [6.07, 6.45) is 1.40. The number of aliphatic hydroxyl groups is 1. The van der Waals surface area contributed by atoms with Crippen LogP contribution in [0, 0.1) is 5.82 Å². The van der Waals surface area contributed by atoms with Gasteiger partial charge in [-0.3, -0.25) is 0 Å². The van der Waals surface area contributed by atoms with E-state index >= 15 is 0 Å². The van der Waals surface area contributed by atoms with Crippen LogP contribution in [0.25, 0.3) is 0 Å². The van der Waals surface area contributed by atoms with E-state index in [0.29, 0.717) is 6.61 Å². The van der Waals surface area contributed by atoms with E-state index in [-0.39, 0.29) is 30.8 Å². The SMILES string of the molecule is Nc1c(F)c(C2CCCO2)nn1CCO. The van der Waals surface area contributed by atoms with Crippen LogP contribution >= 0.6 is 0 Å². The zero-order valence-corrected chi connectivity index (χ0v) is 8.32. The van der Waals surface area contributed by atoms with Gasteiger partial charge in [-0.1, -0.05) is 0 Å². The van der Waals surface area contributed by atoms with Crippen LogP contribution in [0.1, 0.15) is 24.6 Å². The smallest absolute Gasteiger partial charge is 0.190 e. The molecule has 3 N–H and O–H groups in total. The van der Waals surface area contributed by atoms with Crippen molar-refractivity contribution < 1.29 is 14.2 Å². The number of aliphatic hydroxyl groups excluding tert-OH is 1. The summed E-state index contributed by atoms with van der Waals surface area (Å²) in [5.41, 5.74) is 5.78. The molecule has 0 radical (unpaired) electrons. The van der Waals surface area contributed by atoms with Gasteiger partial charge in [0, 0.05) is 6.61 Å². The number of nitrogens with two attached hydrogens (primary N) is 1. The zero-order chi connectivity index (χ0) is 10.8. The molecule has 0 spiro atoms. The average Bonchev–Trinajstić information content (AvgIpc) is 2.82. The normalized spacial score (nSPS) is 21.1. The predicted octanol–water partition coefficient (Wildman–Crippen LogP) is 0.448. The Morgan fingerprint density at radius 2 is 2.47 bits per heavy atom. The van der Waals surface area contributed by atoms with E-state index < -0.39 is 5.82 Å². The first-order chi connectivity index (χ1) is 7.24. The number of halogens is 1. The summed E-state index contributed by atoms with van der Waals surface area (Å²) in [7, 11) is 0. The van der Waals surface area contributed by atoms with Gasteiger partial charge in [-0.2, -0.15) is 5.10 Å². The monoisotopic (exact) mass is 215 g/mol. The van der Waals surface area contributed by atoms with E-state index in [1.165, 1.54) is 4.68 Å². The van der Waals surface area contributed by atoms with Gasteiger partial charge in [0.1, 0.15) is 11.8 Å². The topological polar surface area (TPSA) is 73.3 Å². The number of rotatable bonds is 3. The number of hydrogen-bond donors (Lipinski definition) is 2. The van der Waals surface area contributed by atoms with Crippen LogP contribution in [-0.4, -0.2) is 28.1 Å². The summed E-state index contributed by atoms with van der Waals surface area (Å²) < 4.78 is 20.2. The van der Waals surface area contributed by atoms with Gasteiger partial charge in [0.25, 0.3) is 0 Å². The maximum Gasteiger partial charge on any atom is 0.190 e. The van der Waals surface area contributed by atoms with Crippen LogP contribution in [0.3, 0.4) is 0 Å². The molecule has 1 aliphatic rings. The zero-order valence-electron chi connectivity index (χ0n) is 8.32. The van der Waals surface area contributed by atoms with Gasteiger partial charge in [0.2, 0.25) is 0 Å². The van der Waals surface area contributed by atoms with Crippen molar-refractivity contribution in [3.8, 4) is 0 Å². The minimum absolute atomic E-state index is 0.0328. The fraction of sp³-hybridized carbons (Fsp3) is 0.667. The molecule has 1 atom stereocenters. The van der Waals surface area contributed by atoms with E-state index in [0.717, 1.165) is 12.8 Å². The number of nitrogen functional groups attached to an aromatic ring is 1. The van der Waals surface area contributed by atoms with Crippen molar-refractivity contribution in [2.24, 2.45) is 0 Å². The van der Waals surface area contributed by atoms with Gasteiger partial charge >= 0.3 is 0 Å². The lowest BCUT2D eigenvalue weighted by Gasteiger charge is -2.04. The Morgan fingerprint density at radius 1 is 1.67 bits per heavy atom. The lowest BCUT2D eigenvalue weighted by molar-refractivity contribution is 0.105. The average molecular weight is 215 g/mol. The highest BCUT2D eigenvalue weighted by molar-refractivity contribution is 5.34. The van der Waals surface area contributed by atoms with Crippen LogP contribution in [0.4, 0.5) is 10.2 Å². The minimum atomic E-state index is -0.518. The summed E-state index contributed by atoms with van der Waals surface area (Å²) in [5, 5.41) is 12.8. The van der Waals surface area contributed by atoms with E-state index in [1.54, 1.807) is 0 Å². The second-order valence-corrected chi connectivity index (χ2v) is 3.53. The Hall–Kier alpha value is -1.14. The molecule has 1 saturated heterocycles. The van der Waals surface area contributed by atoms with Crippen molar-refractivity contribution in [1.29, 1.82) is 0 Å². The van der Waals surface area contributed by atoms with Crippen LogP contribution in [-0.2, 0) is 11.3 Å². The summed E-state index contributed by atoms with van der Waals surface area (Å²) >= 11 is 0. The third-order valence-corrected chi connectivity index (χ3v) is 2.50. The summed E-state index contributed by atoms with van der Waals surface area (Å²) in [4.78, 5) is 0. The molecular formula is C9H14FN3O2. The van der Waals surface area contributed by atoms with Crippen molar-refractivity contribution in [1.82, 2.24) is 9.78 Å². The fourth-order valence-corrected chi connectivity index (χ4v) is 1.74. The first-order valence-corrected chi connectivity index (χ1v) is 4.98. The largest absolute Gasteiger partial charge is 0.394 e. The minimum Gasteiger partial charge on any atom is -0.394 e. The number of ether oxygens (including phenoxy) is 1. The molecule has 6 heteroatoms.